The Morgan fingerprint density at radius 1 is 1.30 bits per heavy atom. The Morgan fingerprint density at radius 3 is 2.75 bits per heavy atom. The topological polar surface area (TPSA) is 65.8 Å². The molecule has 4 nitrogen and oxygen atoms in total. The molecule has 1 aromatic heterocycles. The molecule has 20 heavy (non-hydrogen) atoms. The average Bonchev–Trinajstić information content (AvgIpc) is 2.48. The summed E-state index contributed by atoms with van der Waals surface area (Å²) in [6.45, 7) is 1.90. The van der Waals surface area contributed by atoms with Gasteiger partial charge in [0.1, 0.15) is 11.6 Å². The summed E-state index contributed by atoms with van der Waals surface area (Å²) in [6, 6.07) is 12.9. The smallest absolute Gasteiger partial charge is 0.266 e. The van der Waals surface area contributed by atoms with Crippen LogP contribution in [0, 0.1) is 18.3 Å². The predicted molar refractivity (Wildman–Crippen MR) is 77.6 cm³/mol. The van der Waals surface area contributed by atoms with Crippen LogP contribution in [0.3, 0.4) is 0 Å². The Kier molecular flexibility index (Phi) is 4.25. The molecule has 1 amide bonds. The van der Waals surface area contributed by atoms with Crippen LogP contribution in [0.4, 0.5) is 5.69 Å². The molecule has 1 heterocycles. The number of anilines is 1. The number of hydrogen-bond donors (Lipinski definition) is 1. The number of aryl methyl sites for hydroxylation is 1. The molecule has 1 aromatic carbocycles. The quantitative estimate of drug-likeness (QED) is 0.684. The van der Waals surface area contributed by atoms with Gasteiger partial charge in [-0.3, -0.25) is 9.78 Å². The summed E-state index contributed by atoms with van der Waals surface area (Å²) >= 11 is 0. The minimum Gasteiger partial charge on any atom is -0.321 e. The molecule has 0 fully saturated rings. The first-order valence-electron chi connectivity index (χ1n) is 6.09. The van der Waals surface area contributed by atoms with E-state index < -0.39 is 5.91 Å². The third kappa shape index (κ3) is 3.30. The average molecular weight is 263 g/mol. The number of aromatic nitrogens is 1. The van der Waals surface area contributed by atoms with Crippen LogP contribution in [0.2, 0.25) is 0 Å². The number of carbonyl (C=O) groups is 1. The summed E-state index contributed by atoms with van der Waals surface area (Å²) in [5.41, 5.74) is 2.40. The molecule has 0 aliphatic rings. The molecular formula is C16H13N3O. The fourth-order valence-electron chi connectivity index (χ4n) is 1.68. The SMILES string of the molecule is Cc1ccccc1NC(=O)C(C#N)=Cc1cccnc1. The van der Waals surface area contributed by atoms with Crippen molar-refractivity contribution in [3.63, 3.8) is 0 Å². The van der Waals surface area contributed by atoms with Crippen molar-refractivity contribution >= 4 is 17.7 Å². The molecule has 0 aliphatic carbocycles. The number of amides is 1. The minimum atomic E-state index is -0.425. The molecule has 0 atom stereocenters. The van der Waals surface area contributed by atoms with Crippen LogP contribution >= 0.6 is 0 Å². The van der Waals surface area contributed by atoms with Gasteiger partial charge in [0.05, 0.1) is 0 Å². The van der Waals surface area contributed by atoms with Crippen LogP contribution in [-0.2, 0) is 4.79 Å². The number of nitrogens with one attached hydrogen (secondary N) is 1. The maximum atomic E-state index is 12.1. The summed E-state index contributed by atoms with van der Waals surface area (Å²) in [7, 11) is 0. The van der Waals surface area contributed by atoms with Gasteiger partial charge < -0.3 is 5.32 Å². The highest BCUT2D eigenvalue weighted by molar-refractivity contribution is 6.09. The first kappa shape index (κ1) is 13.5. The van der Waals surface area contributed by atoms with Crippen LogP contribution < -0.4 is 5.32 Å². The third-order valence-electron chi connectivity index (χ3n) is 2.75. The molecule has 0 unspecified atom stereocenters. The predicted octanol–water partition coefficient (Wildman–Crippen LogP) is 2.94. The molecule has 2 rings (SSSR count). The van der Waals surface area contributed by atoms with Crippen LogP contribution in [0.1, 0.15) is 11.1 Å². The van der Waals surface area contributed by atoms with Crippen molar-refractivity contribution < 1.29 is 4.79 Å². The Bertz CT molecular complexity index is 684. The summed E-state index contributed by atoms with van der Waals surface area (Å²) < 4.78 is 0. The number of nitriles is 1. The Hall–Kier alpha value is -2.93. The van der Waals surface area contributed by atoms with E-state index in [1.54, 1.807) is 30.6 Å². The third-order valence-corrected chi connectivity index (χ3v) is 2.75. The van der Waals surface area contributed by atoms with Crippen LogP contribution in [0.5, 0.6) is 0 Å². The van der Waals surface area contributed by atoms with Crippen molar-refractivity contribution in [1.82, 2.24) is 4.98 Å². The largest absolute Gasteiger partial charge is 0.321 e. The second-order valence-corrected chi connectivity index (χ2v) is 4.23. The number of carbonyl (C=O) groups excluding carboxylic acids is 1. The van der Waals surface area contributed by atoms with E-state index in [0.29, 0.717) is 11.3 Å². The van der Waals surface area contributed by atoms with E-state index in [0.717, 1.165) is 5.56 Å². The van der Waals surface area contributed by atoms with Gasteiger partial charge in [-0.05, 0) is 36.3 Å². The number of para-hydroxylation sites is 1. The van der Waals surface area contributed by atoms with E-state index in [1.165, 1.54) is 6.08 Å². The number of rotatable bonds is 3. The van der Waals surface area contributed by atoms with Crippen LogP contribution in [0.15, 0.2) is 54.4 Å². The molecule has 1 N–H and O–H groups in total. The van der Waals surface area contributed by atoms with Gasteiger partial charge in [-0.1, -0.05) is 24.3 Å². The summed E-state index contributed by atoms with van der Waals surface area (Å²) in [5, 5.41) is 11.8. The molecule has 98 valence electrons. The second-order valence-electron chi connectivity index (χ2n) is 4.23. The molecule has 0 saturated heterocycles. The van der Waals surface area contributed by atoms with Gasteiger partial charge in [0.2, 0.25) is 0 Å². The van der Waals surface area contributed by atoms with E-state index in [-0.39, 0.29) is 5.57 Å². The Balaban J connectivity index is 2.21. The molecule has 0 aliphatic heterocycles. The summed E-state index contributed by atoms with van der Waals surface area (Å²) in [4.78, 5) is 16.0. The van der Waals surface area contributed by atoms with E-state index in [1.807, 2.05) is 31.2 Å². The molecule has 0 saturated carbocycles. The lowest BCUT2D eigenvalue weighted by Gasteiger charge is -2.07. The van der Waals surface area contributed by atoms with Crippen molar-refractivity contribution in [3.8, 4) is 6.07 Å². The molecular weight excluding hydrogens is 250 g/mol. The van der Waals surface area contributed by atoms with Gasteiger partial charge >= 0.3 is 0 Å². The fraction of sp³-hybridized carbons (Fsp3) is 0.0625. The lowest BCUT2D eigenvalue weighted by atomic mass is 10.1. The Morgan fingerprint density at radius 2 is 2.10 bits per heavy atom. The Labute approximate surface area is 117 Å². The number of pyridine rings is 1. The van der Waals surface area contributed by atoms with Crippen molar-refractivity contribution in [3.05, 3.63) is 65.5 Å². The number of benzene rings is 1. The number of nitrogens with zero attached hydrogens (tertiary/aromatic N) is 2. The van der Waals surface area contributed by atoms with E-state index in [4.69, 9.17) is 5.26 Å². The maximum Gasteiger partial charge on any atom is 0.266 e. The second kappa shape index (κ2) is 6.30. The highest BCUT2D eigenvalue weighted by Crippen LogP contribution is 2.15. The van der Waals surface area contributed by atoms with Crippen LogP contribution in [0.25, 0.3) is 6.08 Å². The van der Waals surface area contributed by atoms with Crippen molar-refractivity contribution in [2.24, 2.45) is 0 Å². The van der Waals surface area contributed by atoms with Gasteiger partial charge in [0, 0.05) is 18.1 Å². The summed E-state index contributed by atoms with van der Waals surface area (Å²) in [6.07, 6.45) is 4.75. The van der Waals surface area contributed by atoms with Crippen molar-refractivity contribution in [2.45, 2.75) is 6.92 Å². The van der Waals surface area contributed by atoms with Crippen LogP contribution in [-0.4, -0.2) is 10.9 Å². The van der Waals surface area contributed by atoms with Gasteiger partial charge in [-0.25, -0.2) is 0 Å². The zero-order chi connectivity index (χ0) is 14.4. The highest BCUT2D eigenvalue weighted by Gasteiger charge is 2.10. The minimum absolute atomic E-state index is 0.0428. The molecule has 0 bridgehead atoms. The monoisotopic (exact) mass is 263 g/mol. The maximum absolute atomic E-state index is 12.1. The van der Waals surface area contributed by atoms with Crippen molar-refractivity contribution in [2.75, 3.05) is 5.32 Å². The molecule has 0 spiro atoms. The van der Waals surface area contributed by atoms with E-state index in [9.17, 15) is 4.79 Å². The van der Waals surface area contributed by atoms with E-state index >= 15 is 0 Å². The molecule has 4 heteroatoms. The number of hydrogen-bond acceptors (Lipinski definition) is 3. The highest BCUT2D eigenvalue weighted by atomic mass is 16.1. The standard InChI is InChI=1S/C16H13N3O/c1-12-5-2-3-7-15(12)19-16(20)14(10-17)9-13-6-4-8-18-11-13/h2-9,11H,1H3,(H,19,20). The van der Waals surface area contributed by atoms with Gasteiger partial charge in [0.15, 0.2) is 0 Å². The normalized spacial score (nSPS) is 10.7. The zero-order valence-corrected chi connectivity index (χ0v) is 11.0. The first-order valence-corrected chi connectivity index (χ1v) is 6.09. The van der Waals surface area contributed by atoms with Crippen molar-refractivity contribution in [1.29, 1.82) is 5.26 Å². The van der Waals surface area contributed by atoms with Gasteiger partial charge in [-0.2, -0.15) is 5.26 Å². The fourth-order valence-corrected chi connectivity index (χ4v) is 1.68. The lowest BCUT2D eigenvalue weighted by molar-refractivity contribution is -0.112. The summed E-state index contributed by atoms with van der Waals surface area (Å²) in [5.74, 6) is -0.425. The molecule has 2 aromatic rings. The first-order chi connectivity index (χ1) is 9.70. The van der Waals surface area contributed by atoms with Gasteiger partial charge in [0.25, 0.3) is 5.91 Å². The zero-order valence-electron chi connectivity index (χ0n) is 11.0. The van der Waals surface area contributed by atoms with E-state index in [2.05, 4.69) is 10.3 Å². The molecule has 0 radical (unpaired) electrons. The lowest BCUT2D eigenvalue weighted by Crippen LogP contribution is -2.14. The van der Waals surface area contributed by atoms with Gasteiger partial charge in [-0.15, -0.1) is 0 Å².